The summed E-state index contributed by atoms with van der Waals surface area (Å²) in [5, 5.41) is 0. The summed E-state index contributed by atoms with van der Waals surface area (Å²) < 4.78 is 11.0. The van der Waals surface area contributed by atoms with Crippen LogP contribution in [0, 0.1) is 0 Å². The third-order valence-electron chi connectivity index (χ3n) is 5.75. The lowest BCUT2D eigenvalue weighted by atomic mass is 9.64. The average molecular weight is 348 g/mol. The van der Waals surface area contributed by atoms with Crippen LogP contribution in [0.1, 0.15) is 75.1 Å². The van der Waals surface area contributed by atoms with E-state index in [2.05, 4.69) is 0 Å². The van der Waals surface area contributed by atoms with Crippen LogP contribution in [-0.2, 0) is 21.4 Å². The minimum Gasteiger partial charge on any atom is -0.460 e. The number of rotatable bonds is 1. The minimum atomic E-state index is -0.557. The average Bonchev–Trinajstić information content (AvgIpc) is 3.21. The van der Waals surface area contributed by atoms with Crippen molar-refractivity contribution in [2.45, 2.75) is 38.2 Å². The number of carbonyl (C=O) groups is 3. The molecule has 5 nitrogen and oxygen atoms in total. The highest BCUT2D eigenvalue weighted by molar-refractivity contribution is 6.15. The number of hydrogen-bond donors (Lipinski definition) is 0. The number of esters is 1. The third kappa shape index (κ3) is 1.72. The molecule has 0 amide bonds. The van der Waals surface area contributed by atoms with Crippen LogP contribution >= 0.6 is 0 Å². The fourth-order valence-electron chi connectivity index (χ4n) is 4.60. The fraction of sp³-hybridized carbons (Fsp3) is 0.286. The molecular formula is C21H16O5. The zero-order chi connectivity index (χ0) is 18.2. The Bertz CT molecular complexity index is 1050. The molecule has 26 heavy (non-hydrogen) atoms. The van der Waals surface area contributed by atoms with Crippen molar-refractivity contribution < 1.29 is 23.5 Å². The highest BCUT2D eigenvalue weighted by Crippen LogP contribution is 2.51. The van der Waals surface area contributed by atoms with Gasteiger partial charge in [0.2, 0.25) is 5.78 Å². The van der Waals surface area contributed by atoms with E-state index < -0.39 is 17.5 Å². The van der Waals surface area contributed by atoms with Crippen molar-refractivity contribution in [3.05, 3.63) is 69.7 Å². The van der Waals surface area contributed by atoms with Crippen molar-refractivity contribution in [3.8, 4) is 0 Å². The summed E-state index contributed by atoms with van der Waals surface area (Å²) in [6.07, 6.45) is 5.78. The second-order valence-corrected chi connectivity index (χ2v) is 7.25. The first-order chi connectivity index (χ1) is 12.4. The molecule has 0 radical (unpaired) electrons. The lowest BCUT2D eigenvalue weighted by Gasteiger charge is -2.37. The maximum atomic E-state index is 13.2. The van der Waals surface area contributed by atoms with Gasteiger partial charge in [-0.15, -0.1) is 0 Å². The van der Waals surface area contributed by atoms with Crippen LogP contribution in [-0.4, -0.2) is 17.5 Å². The summed E-state index contributed by atoms with van der Waals surface area (Å²) >= 11 is 0. The van der Waals surface area contributed by atoms with Gasteiger partial charge in [-0.2, -0.15) is 0 Å². The summed E-state index contributed by atoms with van der Waals surface area (Å²) in [6.45, 7) is 3.38. The number of ether oxygens (including phenoxy) is 1. The molecule has 0 N–H and O–H groups in total. The summed E-state index contributed by atoms with van der Waals surface area (Å²) in [5.41, 5.74) is 3.86. The first-order valence-corrected chi connectivity index (χ1v) is 8.64. The molecule has 0 aliphatic heterocycles. The van der Waals surface area contributed by atoms with Crippen LogP contribution < -0.4 is 0 Å². The topological polar surface area (TPSA) is 73.6 Å². The SMILES string of the molecule is CC(=O)O[C@H]1C=C[C@]2(C)c3ccc4c(c3C(=O)c3occ1c32)CCC4=O. The lowest BCUT2D eigenvalue weighted by Crippen LogP contribution is -2.35. The summed E-state index contributed by atoms with van der Waals surface area (Å²) in [6, 6.07) is 3.71. The van der Waals surface area contributed by atoms with E-state index in [1.807, 2.05) is 31.2 Å². The molecule has 5 rings (SSSR count). The number of Topliss-reactive ketones (excluding diaryl/α,β-unsaturated/α-hetero) is 1. The van der Waals surface area contributed by atoms with Gasteiger partial charge in [0.15, 0.2) is 11.5 Å². The van der Waals surface area contributed by atoms with Crippen LogP contribution in [0.5, 0.6) is 0 Å². The molecule has 1 heterocycles. The highest BCUT2D eigenvalue weighted by atomic mass is 16.5. The van der Waals surface area contributed by atoms with Gasteiger partial charge in [-0.3, -0.25) is 14.4 Å². The van der Waals surface area contributed by atoms with Crippen molar-refractivity contribution in [1.82, 2.24) is 0 Å². The number of benzene rings is 1. The van der Waals surface area contributed by atoms with E-state index in [9.17, 15) is 14.4 Å². The summed E-state index contributed by atoms with van der Waals surface area (Å²) in [5.74, 6) is -0.218. The molecule has 3 aliphatic carbocycles. The number of hydrogen-bond acceptors (Lipinski definition) is 5. The standard InChI is InChI=1S/C21H16O5/c1-10(22)26-16-7-8-21(2)14-5-3-11-12(4-6-15(11)23)17(14)19(24)20-18(21)13(16)9-25-20/h3,5,7-9,16H,4,6H2,1-2H3/t16-,21+/m0/s1. The Labute approximate surface area is 149 Å². The quantitative estimate of drug-likeness (QED) is 0.583. The van der Waals surface area contributed by atoms with Crippen LogP contribution in [0.3, 0.4) is 0 Å². The number of carbonyl (C=O) groups excluding carboxylic acids is 3. The predicted octanol–water partition coefficient (Wildman–Crippen LogP) is 3.43. The molecule has 0 fully saturated rings. The Morgan fingerprint density at radius 1 is 1.27 bits per heavy atom. The van der Waals surface area contributed by atoms with E-state index in [0.29, 0.717) is 29.5 Å². The molecule has 1 aromatic carbocycles. The normalized spacial score (nSPS) is 24.9. The van der Waals surface area contributed by atoms with Crippen LogP contribution in [0.25, 0.3) is 0 Å². The van der Waals surface area contributed by atoms with Gasteiger partial charge in [-0.1, -0.05) is 18.2 Å². The molecule has 3 aliphatic rings. The van der Waals surface area contributed by atoms with Gasteiger partial charge in [0, 0.05) is 41.0 Å². The Hall–Kier alpha value is -2.95. The Kier molecular flexibility index (Phi) is 2.84. The summed E-state index contributed by atoms with van der Waals surface area (Å²) in [7, 11) is 0. The van der Waals surface area contributed by atoms with Crippen molar-refractivity contribution in [2.75, 3.05) is 0 Å². The lowest BCUT2D eigenvalue weighted by molar-refractivity contribution is -0.144. The molecule has 2 aromatic rings. The molecule has 0 saturated heterocycles. The maximum Gasteiger partial charge on any atom is 0.303 e. The summed E-state index contributed by atoms with van der Waals surface area (Å²) in [4.78, 5) is 36.7. The number of allylic oxidation sites excluding steroid dienone is 1. The number of ketones is 2. The Morgan fingerprint density at radius 3 is 2.85 bits per heavy atom. The van der Waals surface area contributed by atoms with Crippen LogP contribution in [0.15, 0.2) is 35.0 Å². The Balaban J connectivity index is 1.78. The molecule has 5 heteroatoms. The van der Waals surface area contributed by atoms with Crippen LogP contribution in [0.4, 0.5) is 0 Å². The van der Waals surface area contributed by atoms with Crippen molar-refractivity contribution >= 4 is 17.5 Å². The van der Waals surface area contributed by atoms with E-state index in [0.717, 1.165) is 16.7 Å². The van der Waals surface area contributed by atoms with E-state index in [1.165, 1.54) is 13.2 Å². The van der Waals surface area contributed by atoms with Gasteiger partial charge in [0.05, 0.1) is 6.26 Å². The van der Waals surface area contributed by atoms with Crippen molar-refractivity contribution in [2.24, 2.45) is 0 Å². The van der Waals surface area contributed by atoms with Gasteiger partial charge >= 0.3 is 5.97 Å². The molecule has 0 unspecified atom stereocenters. The second-order valence-electron chi connectivity index (χ2n) is 7.25. The first kappa shape index (κ1) is 15.3. The van der Waals surface area contributed by atoms with Gasteiger partial charge < -0.3 is 9.15 Å². The zero-order valence-corrected chi connectivity index (χ0v) is 14.4. The van der Waals surface area contributed by atoms with E-state index >= 15 is 0 Å². The second kappa shape index (κ2) is 4.81. The van der Waals surface area contributed by atoms with Crippen molar-refractivity contribution in [1.29, 1.82) is 0 Å². The number of fused-ring (bicyclic) bond motifs is 4. The van der Waals surface area contributed by atoms with Crippen molar-refractivity contribution in [3.63, 3.8) is 0 Å². The highest BCUT2D eigenvalue weighted by Gasteiger charge is 2.48. The third-order valence-corrected chi connectivity index (χ3v) is 5.75. The predicted molar refractivity (Wildman–Crippen MR) is 91.3 cm³/mol. The first-order valence-electron chi connectivity index (χ1n) is 8.64. The van der Waals surface area contributed by atoms with Gasteiger partial charge in [0.25, 0.3) is 0 Å². The zero-order valence-electron chi connectivity index (χ0n) is 14.4. The molecular weight excluding hydrogens is 332 g/mol. The number of furan rings is 1. The molecule has 0 saturated carbocycles. The molecule has 2 atom stereocenters. The van der Waals surface area contributed by atoms with Gasteiger partial charge in [-0.25, -0.2) is 0 Å². The Morgan fingerprint density at radius 2 is 2.08 bits per heavy atom. The molecule has 1 aromatic heterocycles. The van der Waals surface area contributed by atoms with E-state index in [1.54, 1.807) is 0 Å². The maximum absolute atomic E-state index is 13.2. The molecule has 0 bridgehead atoms. The van der Waals surface area contributed by atoms with E-state index in [4.69, 9.17) is 9.15 Å². The van der Waals surface area contributed by atoms with Gasteiger partial charge in [-0.05, 0) is 30.5 Å². The smallest absolute Gasteiger partial charge is 0.303 e. The fourth-order valence-corrected chi connectivity index (χ4v) is 4.60. The van der Waals surface area contributed by atoms with E-state index in [-0.39, 0.29) is 17.3 Å². The molecule has 0 spiro atoms. The molecule has 130 valence electrons. The largest absolute Gasteiger partial charge is 0.460 e. The van der Waals surface area contributed by atoms with Gasteiger partial charge in [0.1, 0.15) is 6.10 Å². The minimum absolute atomic E-state index is 0.0841. The van der Waals surface area contributed by atoms with Crippen LogP contribution in [0.2, 0.25) is 0 Å². The monoisotopic (exact) mass is 348 g/mol.